The number of non-ortho nitro benzene ring substituents is 1. The molecule has 24 heavy (non-hydrogen) atoms. The zero-order valence-electron chi connectivity index (χ0n) is 12.3. The van der Waals surface area contributed by atoms with Crippen LogP contribution in [0.5, 0.6) is 5.75 Å². The van der Waals surface area contributed by atoms with Crippen LogP contribution in [0, 0.1) is 10.1 Å². The molecule has 2 aromatic carbocycles. The fraction of sp³-hybridized carbons (Fsp3) is 0.0667. The molecule has 0 aliphatic carbocycles. The highest BCUT2D eigenvalue weighted by atomic mass is 35.5. The molecule has 0 spiro atoms. The number of halogens is 2. The molecule has 0 aromatic heterocycles. The molecule has 1 N–H and O–H groups in total. The molecule has 0 fully saturated rings. The molecule has 2 rings (SSSR count). The Labute approximate surface area is 147 Å². The van der Waals surface area contributed by atoms with E-state index in [0.717, 1.165) is 6.07 Å². The summed E-state index contributed by atoms with van der Waals surface area (Å²) >= 11 is 12.0. The summed E-state index contributed by atoms with van der Waals surface area (Å²) in [5.41, 5.74) is 2.76. The molecule has 9 heteroatoms. The summed E-state index contributed by atoms with van der Waals surface area (Å²) in [6, 6.07) is 8.44. The molecule has 0 bridgehead atoms. The van der Waals surface area contributed by atoms with Crippen LogP contribution in [-0.2, 0) is 0 Å². The molecular weight excluding hydrogens is 357 g/mol. The van der Waals surface area contributed by atoms with E-state index in [0.29, 0.717) is 21.4 Å². The number of nitrogens with zero attached hydrogens (tertiary/aromatic N) is 2. The second-order valence-corrected chi connectivity index (χ2v) is 5.34. The number of carbonyl (C=O) groups excluding carboxylic acids is 1. The molecule has 0 saturated carbocycles. The van der Waals surface area contributed by atoms with Gasteiger partial charge in [-0.1, -0.05) is 29.3 Å². The van der Waals surface area contributed by atoms with Crippen molar-refractivity contribution in [1.29, 1.82) is 0 Å². The van der Waals surface area contributed by atoms with Gasteiger partial charge in [0.05, 0.1) is 28.3 Å². The monoisotopic (exact) mass is 367 g/mol. The molecule has 124 valence electrons. The highest BCUT2D eigenvalue weighted by molar-refractivity contribution is 6.37. The fourth-order valence-electron chi connectivity index (χ4n) is 1.84. The van der Waals surface area contributed by atoms with Crippen LogP contribution in [0.1, 0.15) is 15.9 Å². The maximum atomic E-state index is 11.9. The number of rotatable bonds is 5. The smallest absolute Gasteiger partial charge is 0.271 e. The van der Waals surface area contributed by atoms with Crippen molar-refractivity contribution in [3.8, 4) is 5.75 Å². The van der Waals surface area contributed by atoms with Crippen LogP contribution in [0.15, 0.2) is 41.5 Å². The standard InChI is InChI=1S/C15H11Cl2N3O4/c1-24-14-12(16)5-9(6-13(14)17)8-18-19-15(21)10-3-2-4-11(7-10)20(22)23/h2-8H,1H3,(H,19,21)/b18-8-. The van der Waals surface area contributed by atoms with Gasteiger partial charge in [-0.2, -0.15) is 5.10 Å². The van der Waals surface area contributed by atoms with Gasteiger partial charge in [0.2, 0.25) is 0 Å². The van der Waals surface area contributed by atoms with E-state index in [2.05, 4.69) is 10.5 Å². The number of hydrazone groups is 1. The van der Waals surface area contributed by atoms with E-state index in [9.17, 15) is 14.9 Å². The Balaban J connectivity index is 2.10. The third kappa shape index (κ3) is 4.21. The summed E-state index contributed by atoms with van der Waals surface area (Å²) in [6.07, 6.45) is 1.34. The van der Waals surface area contributed by atoms with E-state index in [1.165, 1.54) is 31.5 Å². The number of benzene rings is 2. The van der Waals surface area contributed by atoms with Gasteiger partial charge in [0.15, 0.2) is 5.75 Å². The van der Waals surface area contributed by atoms with E-state index in [-0.39, 0.29) is 11.3 Å². The first-order chi connectivity index (χ1) is 11.4. The van der Waals surface area contributed by atoms with Crippen LogP contribution in [0.3, 0.4) is 0 Å². The molecule has 0 aliphatic heterocycles. The molecule has 0 saturated heterocycles. The number of amides is 1. The van der Waals surface area contributed by atoms with Crippen LogP contribution in [-0.4, -0.2) is 24.2 Å². The molecule has 0 atom stereocenters. The van der Waals surface area contributed by atoms with E-state index in [1.807, 2.05) is 0 Å². The lowest BCUT2D eigenvalue weighted by atomic mass is 10.2. The number of nitro groups is 1. The van der Waals surface area contributed by atoms with Gasteiger partial charge < -0.3 is 4.74 Å². The molecule has 2 aromatic rings. The van der Waals surface area contributed by atoms with E-state index < -0.39 is 10.8 Å². The van der Waals surface area contributed by atoms with E-state index >= 15 is 0 Å². The molecule has 1 amide bonds. The maximum absolute atomic E-state index is 11.9. The molecule has 0 radical (unpaired) electrons. The Morgan fingerprint density at radius 2 is 1.96 bits per heavy atom. The lowest BCUT2D eigenvalue weighted by molar-refractivity contribution is -0.384. The van der Waals surface area contributed by atoms with Crippen molar-refractivity contribution in [3.63, 3.8) is 0 Å². The van der Waals surface area contributed by atoms with Gasteiger partial charge in [-0.15, -0.1) is 0 Å². The van der Waals surface area contributed by atoms with Crippen molar-refractivity contribution < 1.29 is 14.5 Å². The second kappa shape index (κ2) is 7.76. The quantitative estimate of drug-likeness (QED) is 0.495. The van der Waals surface area contributed by atoms with Gasteiger partial charge in [0.1, 0.15) is 0 Å². The summed E-state index contributed by atoms with van der Waals surface area (Å²) in [6.45, 7) is 0. The normalized spacial score (nSPS) is 10.6. The number of ether oxygens (including phenoxy) is 1. The first kappa shape index (κ1) is 17.7. The van der Waals surface area contributed by atoms with Gasteiger partial charge in [-0.05, 0) is 23.8 Å². The third-order valence-electron chi connectivity index (χ3n) is 2.92. The number of nitro benzene ring substituents is 1. The molecule has 0 unspecified atom stereocenters. The van der Waals surface area contributed by atoms with Crippen molar-refractivity contribution in [2.75, 3.05) is 7.11 Å². The van der Waals surface area contributed by atoms with Crippen molar-refractivity contribution in [1.82, 2.24) is 5.43 Å². The minimum Gasteiger partial charge on any atom is -0.494 e. The average Bonchev–Trinajstić information content (AvgIpc) is 2.54. The molecular formula is C15H11Cl2N3O4. The second-order valence-electron chi connectivity index (χ2n) is 4.52. The van der Waals surface area contributed by atoms with Crippen molar-refractivity contribution in [2.45, 2.75) is 0 Å². The number of carbonyl (C=O) groups is 1. The highest BCUT2D eigenvalue weighted by Gasteiger charge is 2.11. The van der Waals surface area contributed by atoms with Crippen LogP contribution >= 0.6 is 23.2 Å². The Bertz CT molecular complexity index is 801. The van der Waals surface area contributed by atoms with Gasteiger partial charge in [-0.25, -0.2) is 5.43 Å². The largest absolute Gasteiger partial charge is 0.494 e. The molecule has 7 nitrogen and oxygen atoms in total. The lowest BCUT2D eigenvalue weighted by Crippen LogP contribution is -2.17. The summed E-state index contributed by atoms with van der Waals surface area (Å²) in [4.78, 5) is 22.0. The van der Waals surface area contributed by atoms with Crippen molar-refractivity contribution in [2.24, 2.45) is 5.10 Å². The zero-order valence-corrected chi connectivity index (χ0v) is 13.8. The average molecular weight is 368 g/mol. The van der Waals surface area contributed by atoms with Gasteiger partial charge in [-0.3, -0.25) is 14.9 Å². The first-order valence-electron chi connectivity index (χ1n) is 6.53. The van der Waals surface area contributed by atoms with Crippen LogP contribution in [0.25, 0.3) is 0 Å². The van der Waals surface area contributed by atoms with Crippen LogP contribution in [0.2, 0.25) is 10.0 Å². The maximum Gasteiger partial charge on any atom is 0.271 e. The Hall–Kier alpha value is -2.64. The first-order valence-corrected chi connectivity index (χ1v) is 7.29. The number of nitrogens with one attached hydrogen (secondary N) is 1. The number of methoxy groups -OCH3 is 1. The Morgan fingerprint density at radius 1 is 1.29 bits per heavy atom. The highest BCUT2D eigenvalue weighted by Crippen LogP contribution is 2.33. The van der Waals surface area contributed by atoms with Crippen molar-refractivity contribution in [3.05, 3.63) is 67.7 Å². The molecule has 0 heterocycles. The SMILES string of the molecule is COc1c(Cl)cc(/C=N\NC(=O)c2cccc([N+](=O)[O-])c2)cc1Cl. The Morgan fingerprint density at radius 3 is 2.54 bits per heavy atom. The predicted molar refractivity (Wildman–Crippen MR) is 91.2 cm³/mol. The fourth-order valence-corrected chi connectivity index (χ4v) is 2.50. The lowest BCUT2D eigenvalue weighted by Gasteiger charge is -2.06. The van der Waals surface area contributed by atoms with Crippen LogP contribution in [0.4, 0.5) is 5.69 Å². The predicted octanol–water partition coefficient (Wildman–Crippen LogP) is 3.67. The topological polar surface area (TPSA) is 93.8 Å². The van der Waals surface area contributed by atoms with E-state index in [4.69, 9.17) is 27.9 Å². The van der Waals surface area contributed by atoms with Crippen molar-refractivity contribution >= 4 is 41.0 Å². The van der Waals surface area contributed by atoms with Gasteiger partial charge in [0, 0.05) is 17.7 Å². The third-order valence-corrected chi connectivity index (χ3v) is 3.49. The molecule has 0 aliphatic rings. The summed E-state index contributed by atoms with van der Waals surface area (Å²) < 4.78 is 5.03. The summed E-state index contributed by atoms with van der Waals surface area (Å²) in [5.74, 6) is -0.239. The van der Waals surface area contributed by atoms with Gasteiger partial charge in [0.25, 0.3) is 11.6 Å². The number of hydrogen-bond acceptors (Lipinski definition) is 5. The zero-order chi connectivity index (χ0) is 17.7. The Kier molecular flexibility index (Phi) is 5.73. The summed E-state index contributed by atoms with van der Waals surface area (Å²) in [5, 5.41) is 15.1. The summed E-state index contributed by atoms with van der Waals surface area (Å²) in [7, 11) is 1.44. The van der Waals surface area contributed by atoms with E-state index in [1.54, 1.807) is 12.1 Å². The minimum atomic E-state index is -0.583. The number of hydrogen-bond donors (Lipinski definition) is 1. The van der Waals surface area contributed by atoms with Crippen LogP contribution < -0.4 is 10.2 Å². The van der Waals surface area contributed by atoms with Gasteiger partial charge >= 0.3 is 0 Å². The minimum absolute atomic E-state index is 0.118.